The number of nitrogens with zero attached hydrogens (tertiary/aromatic N) is 2. The number of carbonyl (C=O) groups excluding carboxylic acids is 1. The standard InChI is InChI=1S/C21H21ClN2O2/c1-26-11-10-23-13-17-8-9-24(14-16-5-3-7-19(23)20(16)17)21(25)15-4-2-6-18(22)12-15/h2-7,12-13H,8-11,14H2,1H3. The van der Waals surface area contributed by atoms with Gasteiger partial charge in [-0.1, -0.05) is 29.8 Å². The van der Waals surface area contributed by atoms with Crippen molar-refractivity contribution < 1.29 is 9.53 Å². The monoisotopic (exact) mass is 368 g/mol. The molecule has 1 aliphatic heterocycles. The summed E-state index contributed by atoms with van der Waals surface area (Å²) in [5, 5.41) is 1.87. The zero-order chi connectivity index (χ0) is 18.1. The fourth-order valence-electron chi connectivity index (χ4n) is 3.73. The summed E-state index contributed by atoms with van der Waals surface area (Å²) in [4.78, 5) is 14.9. The number of benzene rings is 2. The van der Waals surface area contributed by atoms with E-state index in [9.17, 15) is 4.79 Å². The van der Waals surface area contributed by atoms with Crippen LogP contribution in [0.1, 0.15) is 21.5 Å². The highest BCUT2D eigenvalue weighted by Gasteiger charge is 2.23. The number of aromatic nitrogens is 1. The molecule has 0 fully saturated rings. The van der Waals surface area contributed by atoms with Crippen LogP contribution >= 0.6 is 11.6 Å². The lowest BCUT2D eigenvalue weighted by atomic mass is 10.1. The summed E-state index contributed by atoms with van der Waals surface area (Å²) < 4.78 is 7.49. The third-order valence-electron chi connectivity index (χ3n) is 4.98. The van der Waals surface area contributed by atoms with E-state index < -0.39 is 0 Å². The van der Waals surface area contributed by atoms with Gasteiger partial charge >= 0.3 is 0 Å². The second-order valence-electron chi connectivity index (χ2n) is 6.64. The van der Waals surface area contributed by atoms with Crippen LogP contribution in [0.3, 0.4) is 0 Å². The number of amides is 1. The topological polar surface area (TPSA) is 34.5 Å². The Bertz CT molecular complexity index is 964. The van der Waals surface area contributed by atoms with Crippen molar-refractivity contribution in [1.29, 1.82) is 0 Å². The summed E-state index contributed by atoms with van der Waals surface area (Å²) in [7, 11) is 1.72. The molecule has 0 saturated carbocycles. The molecule has 2 heterocycles. The lowest BCUT2D eigenvalue weighted by molar-refractivity contribution is 0.0748. The average molecular weight is 369 g/mol. The Kier molecular flexibility index (Phi) is 4.70. The van der Waals surface area contributed by atoms with Gasteiger partial charge in [0.05, 0.1) is 6.61 Å². The van der Waals surface area contributed by atoms with E-state index in [1.807, 2.05) is 17.0 Å². The van der Waals surface area contributed by atoms with E-state index >= 15 is 0 Å². The minimum absolute atomic E-state index is 0.0296. The molecule has 4 nitrogen and oxygen atoms in total. The quantitative estimate of drug-likeness (QED) is 0.693. The van der Waals surface area contributed by atoms with Crippen LogP contribution in [0.2, 0.25) is 5.02 Å². The smallest absolute Gasteiger partial charge is 0.254 e. The van der Waals surface area contributed by atoms with Crippen molar-refractivity contribution in [3.63, 3.8) is 0 Å². The van der Waals surface area contributed by atoms with E-state index in [-0.39, 0.29) is 5.91 Å². The van der Waals surface area contributed by atoms with Gasteiger partial charge in [0, 0.05) is 54.4 Å². The first-order valence-corrected chi connectivity index (χ1v) is 9.18. The van der Waals surface area contributed by atoms with Gasteiger partial charge in [-0.3, -0.25) is 4.79 Å². The van der Waals surface area contributed by atoms with Gasteiger partial charge in [-0.2, -0.15) is 0 Å². The highest BCUT2D eigenvalue weighted by Crippen LogP contribution is 2.30. The van der Waals surface area contributed by atoms with Crippen LogP contribution in [0, 0.1) is 0 Å². The summed E-state index contributed by atoms with van der Waals surface area (Å²) in [6.45, 7) is 2.84. The summed E-state index contributed by atoms with van der Waals surface area (Å²) in [6.07, 6.45) is 3.06. The average Bonchev–Trinajstić information content (AvgIpc) is 2.90. The zero-order valence-corrected chi connectivity index (χ0v) is 15.5. The molecule has 0 radical (unpaired) electrons. The van der Waals surface area contributed by atoms with Crippen LogP contribution in [0.4, 0.5) is 0 Å². The third-order valence-corrected chi connectivity index (χ3v) is 5.21. The molecule has 0 spiro atoms. The number of hydrogen-bond donors (Lipinski definition) is 0. The lowest BCUT2D eigenvalue weighted by Gasteiger charge is -2.21. The maximum absolute atomic E-state index is 13.0. The van der Waals surface area contributed by atoms with E-state index in [2.05, 4.69) is 29.0 Å². The Morgan fingerprint density at radius 3 is 2.85 bits per heavy atom. The summed E-state index contributed by atoms with van der Waals surface area (Å²) in [5.74, 6) is 0.0296. The number of carbonyl (C=O) groups is 1. The molecule has 0 unspecified atom stereocenters. The van der Waals surface area contributed by atoms with Crippen molar-refractivity contribution in [2.24, 2.45) is 0 Å². The molecule has 26 heavy (non-hydrogen) atoms. The van der Waals surface area contributed by atoms with Crippen LogP contribution in [0.5, 0.6) is 0 Å². The van der Waals surface area contributed by atoms with Gasteiger partial charge < -0.3 is 14.2 Å². The Balaban J connectivity index is 1.67. The van der Waals surface area contributed by atoms with E-state index in [4.69, 9.17) is 16.3 Å². The summed E-state index contributed by atoms with van der Waals surface area (Å²) in [6, 6.07) is 13.5. The Hall–Kier alpha value is -2.30. The Labute approximate surface area is 157 Å². The highest BCUT2D eigenvalue weighted by atomic mass is 35.5. The normalized spacial score (nSPS) is 13.8. The van der Waals surface area contributed by atoms with Crippen LogP contribution in [-0.2, 0) is 24.2 Å². The van der Waals surface area contributed by atoms with Crippen LogP contribution < -0.4 is 0 Å². The van der Waals surface area contributed by atoms with E-state index in [1.54, 1.807) is 19.2 Å². The molecule has 1 aliphatic rings. The minimum atomic E-state index is 0.0296. The maximum atomic E-state index is 13.0. The molecule has 1 aromatic heterocycles. The van der Waals surface area contributed by atoms with Crippen molar-refractivity contribution in [3.05, 3.63) is 70.4 Å². The molecule has 0 atom stereocenters. The van der Waals surface area contributed by atoms with Gasteiger partial charge in [-0.15, -0.1) is 0 Å². The second-order valence-corrected chi connectivity index (χ2v) is 7.08. The maximum Gasteiger partial charge on any atom is 0.254 e. The predicted molar refractivity (Wildman–Crippen MR) is 104 cm³/mol. The van der Waals surface area contributed by atoms with Gasteiger partial charge in [0.2, 0.25) is 0 Å². The van der Waals surface area contributed by atoms with Crippen LogP contribution in [0.25, 0.3) is 10.9 Å². The first-order valence-electron chi connectivity index (χ1n) is 8.81. The fourth-order valence-corrected chi connectivity index (χ4v) is 3.92. The van der Waals surface area contributed by atoms with Crippen LogP contribution in [-0.4, -0.2) is 35.6 Å². The fraction of sp³-hybridized carbons (Fsp3) is 0.286. The number of rotatable bonds is 4. The molecule has 2 aromatic carbocycles. The molecule has 0 bridgehead atoms. The Morgan fingerprint density at radius 1 is 1.19 bits per heavy atom. The molecule has 3 aromatic rings. The number of methoxy groups -OCH3 is 1. The highest BCUT2D eigenvalue weighted by molar-refractivity contribution is 6.30. The molecule has 4 rings (SSSR count). The molecular weight excluding hydrogens is 348 g/mol. The zero-order valence-electron chi connectivity index (χ0n) is 14.7. The van der Waals surface area contributed by atoms with Gasteiger partial charge in [-0.05, 0) is 41.8 Å². The Morgan fingerprint density at radius 2 is 2.04 bits per heavy atom. The van der Waals surface area contributed by atoms with E-state index in [1.165, 1.54) is 22.0 Å². The molecule has 0 saturated heterocycles. The number of ether oxygens (including phenoxy) is 1. The SMILES string of the molecule is COCCn1cc2c3c(cccc31)CN(C(=O)c1cccc(Cl)c1)CC2. The second kappa shape index (κ2) is 7.14. The van der Waals surface area contributed by atoms with Crippen molar-refractivity contribution >= 4 is 28.4 Å². The van der Waals surface area contributed by atoms with Crippen LogP contribution in [0.15, 0.2) is 48.7 Å². The molecule has 5 heteroatoms. The van der Waals surface area contributed by atoms with E-state index in [0.29, 0.717) is 30.3 Å². The van der Waals surface area contributed by atoms with Crippen molar-refractivity contribution in [2.45, 2.75) is 19.5 Å². The molecule has 0 aliphatic carbocycles. The first kappa shape index (κ1) is 17.1. The minimum Gasteiger partial charge on any atom is -0.383 e. The molecular formula is C21H21ClN2O2. The third kappa shape index (κ3) is 3.11. The van der Waals surface area contributed by atoms with Crippen molar-refractivity contribution in [1.82, 2.24) is 9.47 Å². The number of hydrogen-bond acceptors (Lipinski definition) is 2. The van der Waals surface area contributed by atoms with Gasteiger partial charge in [0.1, 0.15) is 0 Å². The largest absolute Gasteiger partial charge is 0.383 e. The van der Waals surface area contributed by atoms with Crippen molar-refractivity contribution in [2.75, 3.05) is 20.3 Å². The van der Waals surface area contributed by atoms with Gasteiger partial charge in [0.25, 0.3) is 5.91 Å². The molecule has 1 amide bonds. The number of halogens is 1. The predicted octanol–water partition coefficient (Wildman–Crippen LogP) is 4.14. The van der Waals surface area contributed by atoms with E-state index in [0.717, 1.165) is 13.0 Å². The molecule has 134 valence electrons. The van der Waals surface area contributed by atoms with Gasteiger partial charge in [0.15, 0.2) is 0 Å². The molecule has 0 N–H and O–H groups in total. The summed E-state index contributed by atoms with van der Waals surface area (Å²) in [5.41, 5.74) is 4.35. The first-order chi connectivity index (χ1) is 12.7. The van der Waals surface area contributed by atoms with Gasteiger partial charge in [-0.25, -0.2) is 0 Å². The summed E-state index contributed by atoms with van der Waals surface area (Å²) >= 11 is 6.06. The lowest BCUT2D eigenvalue weighted by Crippen LogP contribution is -2.31. The van der Waals surface area contributed by atoms with Crippen molar-refractivity contribution in [3.8, 4) is 0 Å².